The molecule has 1 aliphatic rings. The molecule has 3 aromatic rings. The Balaban J connectivity index is 1.45. The Bertz CT molecular complexity index is 982. The smallest absolute Gasteiger partial charge is 0.232 e. The standard InChI is InChI=1S/C22H20Cl2N2O3/c23-16-3-5-17(6-4-16)28-18-7-8-21(15(12-18)14-27)26-11-9-19(13-26)29-22-20(24)2-1-10-25-22/h1-8,10,12,19,27H,9,11,13-14H2. The number of aliphatic hydroxyl groups excluding tert-OH is 1. The molecular weight excluding hydrogens is 411 g/mol. The van der Waals surface area contributed by atoms with Gasteiger partial charge in [-0.05, 0) is 54.6 Å². The molecule has 1 unspecified atom stereocenters. The number of hydrogen-bond donors (Lipinski definition) is 1. The van der Waals surface area contributed by atoms with Gasteiger partial charge in [-0.1, -0.05) is 23.2 Å². The van der Waals surface area contributed by atoms with Gasteiger partial charge in [-0.15, -0.1) is 0 Å². The largest absolute Gasteiger partial charge is 0.471 e. The van der Waals surface area contributed by atoms with Gasteiger partial charge in [-0.2, -0.15) is 0 Å². The van der Waals surface area contributed by atoms with Gasteiger partial charge in [-0.25, -0.2) is 4.98 Å². The van der Waals surface area contributed by atoms with Crippen LogP contribution in [0.3, 0.4) is 0 Å². The number of pyridine rings is 1. The first-order chi connectivity index (χ1) is 14.1. The number of hydrogen-bond acceptors (Lipinski definition) is 5. The molecule has 1 aliphatic heterocycles. The third-order valence-electron chi connectivity index (χ3n) is 4.76. The Morgan fingerprint density at radius 1 is 1.07 bits per heavy atom. The van der Waals surface area contributed by atoms with E-state index < -0.39 is 0 Å². The second-order valence-corrected chi connectivity index (χ2v) is 7.61. The molecule has 0 aliphatic carbocycles. The molecule has 1 fully saturated rings. The van der Waals surface area contributed by atoms with E-state index in [9.17, 15) is 5.11 Å². The summed E-state index contributed by atoms with van der Waals surface area (Å²) >= 11 is 12.1. The van der Waals surface area contributed by atoms with E-state index in [-0.39, 0.29) is 12.7 Å². The second kappa shape index (κ2) is 8.91. The topological polar surface area (TPSA) is 54.8 Å². The van der Waals surface area contributed by atoms with Crippen LogP contribution in [-0.4, -0.2) is 29.3 Å². The van der Waals surface area contributed by atoms with E-state index in [4.69, 9.17) is 32.7 Å². The van der Waals surface area contributed by atoms with Crippen LogP contribution < -0.4 is 14.4 Å². The number of benzene rings is 2. The number of anilines is 1. The Labute approximate surface area is 179 Å². The third-order valence-corrected chi connectivity index (χ3v) is 5.30. The lowest BCUT2D eigenvalue weighted by Crippen LogP contribution is -2.25. The second-order valence-electron chi connectivity index (χ2n) is 6.77. The van der Waals surface area contributed by atoms with Gasteiger partial charge in [0.05, 0.1) is 13.2 Å². The summed E-state index contributed by atoms with van der Waals surface area (Å²) in [6, 6.07) is 16.4. The molecule has 0 radical (unpaired) electrons. The van der Waals surface area contributed by atoms with Gasteiger partial charge in [0.25, 0.3) is 0 Å². The van der Waals surface area contributed by atoms with Crippen molar-refractivity contribution in [1.29, 1.82) is 0 Å². The van der Waals surface area contributed by atoms with Gasteiger partial charge in [0.15, 0.2) is 0 Å². The predicted octanol–water partition coefficient (Wildman–Crippen LogP) is 5.33. The molecule has 1 N–H and O–H groups in total. The Hall–Kier alpha value is -2.47. The highest BCUT2D eigenvalue weighted by Gasteiger charge is 2.26. The highest BCUT2D eigenvalue weighted by atomic mass is 35.5. The first-order valence-corrected chi connectivity index (χ1v) is 10.1. The quantitative estimate of drug-likeness (QED) is 0.572. The van der Waals surface area contributed by atoms with Crippen LogP contribution in [0.2, 0.25) is 10.0 Å². The van der Waals surface area contributed by atoms with Crippen molar-refractivity contribution in [2.45, 2.75) is 19.1 Å². The molecule has 0 amide bonds. The van der Waals surface area contributed by atoms with E-state index in [0.717, 1.165) is 24.2 Å². The van der Waals surface area contributed by atoms with Crippen molar-refractivity contribution < 1.29 is 14.6 Å². The summed E-state index contributed by atoms with van der Waals surface area (Å²) in [4.78, 5) is 6.39. The zero-order valence-corrected chi connectivity index (χ0v) is 17.1. The molecule has 7 heteroatoms. The summed E-state index contributed by atoms with van der Waals surface area (Å²) in [5, 5.41) is 11.0. The molecule has 4 rings (SSSR count). The van der Waals surface area contributed by atoms with Crippen molar-refractivity contribution in [3.8, 4) is 17.4 Å². The molecular formula is C22H20Cl2N2O3. The molecule has 1 atom stereocenters. The lowest BCUT2D eigenvalue weighted by molar-refractivity contribution is 0.216. The minimum absolute atomic E-state index is 0.0149. The number of halogens is 2. The zero-order valence-electron chi connectivity index (χ0n) is 15.6. The van der Waals surface area contributed by atoms with Crippen LogP contribution in [0.5, 0.6) is 17.4 Å². The lowest BCUT2D eigenvalue weighted by Gasteiger charge is -2.22. The average Bonchev–Trinajstić information content (AvgIpc) is 3.19. The molecule has 1 saturated heterocycles. The first kappa shape index (κ1) is 19.8. The summed E-state index contributed by atoms with van der Waals surface area (Å²) in [6.45, 7) is 1.43. The van der Waals surface area contributed by atoms with Crippen molar-refractivity contribution in [2.75, 3.05) is 18.0 Å². The highest BCUT2D eigenvalue weighted by Crippen LogP contribution is 2.32. The van der Waals surface area contributed by atoms with Gasteiger partial charge in [0.1, 0.15) is 22.6 Å². The number of nitrogens with zero attached hydrogens (tertiary/aromatic N) is 2. The van der Waals surface area contributed by atoms with Crippen LogP contribution in [-0.2, 0) is 6.61 Å². The number of ether oxygens (including phenoxy) is 2. The Morgan fingerprint density at radius 3 is 2.62 bits per heavy atom. The minimum Gasteiger partial charge on any atom is -0.471 e. The summed E-state index contributed by atoms with van der Waals surface area (Å²) in [5.41, 5.74) is 1.77. The van der Waals surface area contributed by atoms with Gasteiger partial charge < -0.3 is 19.5 Å². The molecule has 1 aromatic heterocycles. The van der Waals surface area contributed by atoms with E-state index >= 15 is 0 Å². The molecule has 150 valence electrons. The summed E-state index contributed by atoms with van der Waals surface area (Å²) in [6.07, 6.45) is 2.50. The fourth-order valence-electron chi connectivity index (χ4n) is 3.36. The fraction of sp³-hybridized carbons (Fsp3) is 0.227. The van der Waals surface area contributed by atoms with E-state index in [1.165, 1.54) is 0 Å². The molecule has 0 spiro atoms. The zero-order chi connectivity index (χ0) is 20.2. The summed E-state index contributed by atoms with van der Waals surface area (Å²) in [5.74, 6) is 1.80. The monoisotopic (exact) mass is 430 g/mol. The summed E-state index contributed by atoms with van der Waals surface area (Å²) in [7, 11) is 0. The van der Waals surface area contributed by atoms with Gasteiger partial charge >= 0.3 is 0 Å². The van der Waals surface area contributed by atoms with Crippen LogP contribution in [0.15, 0.2) is 60.8 Å². The molecule has 2 aromatic carbocycles. The van der Waals surface area contributed by atoms with Crippen molar-refractivity contribution >= 4 is 28.9 Å². The Kier molecular flexibility index (Phi) is 6.09. The first-order valence-electron chi connectivity index (χ1n) is 9.31. The van der Waals surface area contributed by atoms with Crippen LogP contribution in [0.4, 0.5) is 5.69 Å². The number of aromatic nitrogens is 1. The van der Waals surface area contributed by atoms with Crippen LogP contribution in [0.25, 0.3) is 0 Å². The lowest BCUT2D eigenvalue weighted by atomic mass is 10.1. The maximum absolute atomic E-state index is 9.88. The van der Waals surface area contributed by atoms with Crippen molar-refractivity contribution in [1.82, 2.24) is 4.98 Å². The van der Waals surface area contributed by atoms with E-state index in [0.29, 0.717) is 34.0 Å². The minimum atomic E-state index is -0.0821. The SMILES string of the molecule is OCc1cc(Oc2ccc(Cl)cc2)ccc1N1CCC(Oc2ncccc2Cl)C1. The molecule has 2 heterocycles. The van der Waals surface area contributed by atoms with Gasteiger partial charge in [-0.3, -0.25) is 0 Å². The van der Waals surface area contributed by atoms with E-state index in [1.54, 1.807) is 42.6 Å². The van der Waals surface area contributed by atoms with Crippen molar-refractivity contribution in [2.24, 2.45) is 0 Å². The molecule has 0 saturated carbocycles. The maximum atomic E-state index is 9.88. The Morgan fingerprint density at radius 2 is 1.86 bits per heavy atom. The van der Waals surface area contributed by atoms with E-state index in [2.05, 4.69) is 9.88 Å². The summed E-state index contributed by atoms with van der Waals surface area (Å²) < 4.78 is 11.8. The molecule has 29 heavy (non-hydrogen) atoms. The van der Waals surface area contributed by atoms with Crippen molar-refractivity contribution in [3.63, 3.8) is 0 Å². The molecule has 0 bridgehead atoms. The maximum Gasteiger partial charge on any atom is 0.232 e. The predicted molar refractivity (Wildman–Crippen MR) is 114 cm³/mol. The van der Waals surface area contributed by atoms with E-state index in [1.807, 2.05) is 18.2 Å². The van der Waals surface area contributed by atoms with Crippen LogP contribution in [0.1, 0.15) is 12.0 Å². The average molecular weight is 431 g/mol. The normalized spacial score (nSPS) is 16.1. The van der Waals surface area contributed by atoms with Crippen LogP contribution >= 0.6 is 23.2 Å². The number of aliphatic hydroxyl groups is 1. The number of rotatable bonds is 6. The van der Waals surface area contributed by atoms with Crippen molar-refractivity contribution in [3.05, 3.63) is 76.4 Å². The van der Waals surface area contributed by atoms with Gasteiger partial charge in [0.2, 0.25) is 5.88 Å². The fourth-order valence-corrected chi connectivity index (χ4v) is 3.65. The van der Waals surface area contributed by atoms with Crippen LogP contribution in [0, 0.1) is 0 Å². The third kappa shape index (κ3) is 4.75. The highest BCUT2D eigenvalue weighted by molar-refractivity contribution is 6.31. The van der Waals surface area contributed by atoms with Gasteiger partial charge in [0, 0.05) is 35.4 Å². The molecule has 5 nitrogen and oxygen atoms in total.